The molecule has 3 aliphatic rings. The molecule has 0 aromatic heterocycles. The largest absolute Gasteiger partial charge is 0.389 e. The zero-order valence-electron chi connectivity index (χ0n) is 13.0. The smallest absolute Gasteiger partial charge is 0.342 e. The van der Waals surface area contributed by atoms with Crippen LogP contribution in [0, 0.1) is 11.3 Å². The van der Waals surface area contributed by atoms with Gasteiger partial charge in [-0.25, -0.2) is 0 Å². The first kappa shape index (κ1) is 16.1. The SMILES string of the molecule is O=C1N(CC2CC2)CCCC12CCN(CCCC(F)(F)F)C2. The summed E-state index contributed by atoms with van der Waals surface area (Å²) in [5.41, 5.74) is -0.300. The molecule has 2 aliphatic heterocycles. The van der Waals surface area contributed by atoms with Crippen LogP contribution in [0.15, 0.2) is 0 Å². The Bertz CT molecular complexity index is 422. The van der Waals surface area contributed by atoms with Crippen LogP contribution in [0.5, 0.6) is 0 Å². The minimum absolute atomic E-state index is 0.138. The van der Waals surface area contributed by atoms with Crippen LogP contribution in [0.3, 0.4) is 0 Å². The summed E-state index contributed by atoms with van der Waals surface area (Å²) in [6, 6.07) is 0. The second kappa shape index (κ2) is 6.02. The van der Waals surface area contributed by atoms with Gasteiger partial charge in [0.05, 0.1) is 5.41 Å². The third kappa shape index (κ3) is 3.76. The highest BCUT2D eigenvalue weighted by atomic mass is 19.4. The van der Waals surface area contributed by atoms with Crippen LogP contribution >= 0.6 is 0 Å². The van der Waals surface area contributed by atoms with E-state index in [0.717, 1.165) is 38.9 Å². The number of halogens is 3. The minimum Gasteiger partial charge on any atom is -0.342 e. The van der Waals surface area contributed by atoms with Gasteiger partial charge in [-0.15, -0.1) is 0 Å². The number of carbonyl (C=O) groups is 1. The van der Waals surface area contributed by atoms with Gasteiger partial charge in [0.2, 0.25) is 5.91 Å². The lowest BCUT2D eigenvalue weighted by molar-refractivity contribution is -0.146. The van der Waals surface area contributed by atoms with Crippen molar-refractivity contribution in [3.63, 3.8) is 0 Å². The quantitative estimate of drug-likeness (QED) is 0.778. The van der Waals surface area contributed by atoms with Crippen molar-refractivity contribution in [3.8, 4) is 0 Å². The highest BCUT2D eigenvalue weighted by molar-refractivity contribution is 5.84. The summed E-state index contributed by atoms with van der Waals surface area (Å²) >= 11 is 0. The highest BCUT2D eigenvalue weighted by Gasteiger charge is 2.48. The van der Waals surface area contributed by atoms with E-state index in [-0.39, 0.29) is 17.7 Å². The van der Waals surface area contributed by atoms with Crippen molar-refractivity contribution in [2.75, 3.05) is 32.7 Å². The Morgan fingerprint density at radius 1 is 1.18 bits per heavy atom. The van der Waals surface area contributed by atoms with E-state index < -0.39 is 12.6 Å². The monoisotopic (exact) mass is 318 g/mol. The lowest BCUT2D eigenvalue weighted by Gasteiger charge is -2.39. The number of hydrogen-bond acceptors (Lipinski definition) is 2. The van der Waals surface area contributed by atoms with Crippen molar-refractivity contribution >= 4 is 5.91 Å². The van der Waals surface area contributed by atoms with E-state index in [1.54, 1.807) is 0 Å². The van der Waals surface area contributed by atoms with Gasteiger partial charge in [0.1, 0.15) is 0 Å². The topological polar surface area (TPSA) is 23.6 Å². The van der Waals surface area contributed by atoms with E-state index in [9.17, 15) is 18.0 Å². The van der Waals surface area contributed by atoms with Crippen LogP contribution in [-0.2, 0) is 4.79 Å². The molecule has 1 aliphatic carbocycles. The molecule has 2 heterocycles. The van der Waals surface area contributed by atoms with Crippen molar-refractivity contribution < 1.29 is 18.0 Å². The van der Waals surface area contributed by atoms with Crippen LogP contribution in [0.1, 0.15) is 44.9 Å². The second-order valence-electron chi connectivity index (χ2n) is 7.32. The van der Waals surface area contributed by atoms with Crippen LogP contribution in [0.25, 0.3) is 0 Å². The van der Waals surface area contributed by atoms with Crippen molar-refractivity contribution in [3.05, 3.63) is 0 Å². The second-order valence-corrected chi connectivity index (χ2v) is 7.32. The van der Waals surface area contributed by atoms with E-state index in [2.05, 4.69) is 4.90 Å². The first-order valence-electron chi connectivity index (χ1n) is 8.46. The number of hydrogen-bond donors (Lipinski definition) is 0. The van der Waals surface area contributed by atoms with Crippen molar-refractivity contribution in [2.24, 2.45) is 11.3 Å². The standard InChI is InChI=1S/C16H25F3N2O/c17-16(18,19)6-2-8-20-10-7-15(12-20)5-1-9-21(14(15)22)11-13-3-4-13/h13H,1-12H2. The normalized spacial score (nSPS) is 30.5. The molecule has 1 amide bonds. The molecule has 0 aromatic rings. The summed E-state index contributed by atoms with van der Waals surface area (Å²) in [5.74, 6) is 0.965. The zero-order valence-corrected chi connectivity index (χ0v) is 13.0. The Balaban J connectivity index is 1.51. The van der Waals surface area contributed by atoms with Gasteiger partial charge in [-0.2, -0.15) is 13.2 Å². The van der Waals surface area contributed by atoms with Gasteiger partial charge in [0.15, 0.2) is 0 Å². The molecule has 2 saturated heterocycles. The van der Waals surface area contributed by atoms with Gasteiger partial charge in [-0.05, 0) is 57.5 Å². The van der Waals surface area contributed by atoms with Crippen LogP contribution in [-0.4, -0.2) is 54.6 Å². The minimum atomic E-state index is -4.07. The Hall–Kier alpha value is -0.780. The molecule has 0 N–H and O–H groups in total. The summed E-state index contributed by atoms with van der Waals surface area (Å²) in [4.78, 5) is 16.9. The lowest BCUT2D eigenvalue weighted by atomic mass is 9.78. The molecule has 6 heteroatoms. The average Bonchev–Trinajstić information content (AvgIpc) is 3.15. The van der Waals surface area contributed by atoms with Crippen molar-refractivity contribution in [1.29, 1.82) is 0 Å². The molecule has 0 bridgehead atoms. The molecule has 1 atom stereocenters. The molecule has 1 saturated carbocycles. The summed E-state index contributed by atoms with van der Waals surface area (Å²) in [7, 11) is 0. The number of likely N-dealkylation sites (tertiary alicyclic amines) is 2. The number of amides is 1. The van der Waals surface area contributed by atoms with E-state index in [1.165, 1.54) is 12.8 Å². The molecule has 3 fully saturated rings. The van der Waals surface area contributed by atoms with E-state index in [1.807, 2.05) is 4.90 Å². The molecule has 1 spiro atoms. The summed E-state index contributed by atoms with van der Waals surface area (Å²) in [5, 5.41) is 0. The van der Waals surface area contributed by atoms with Gasteiger partial charge in [0.25, 0.3) is 0 Å². The number of alkyl halides is 3. The molecule has 22 heavy (non-hydrogen) atoms. The number of rotatable bonds is 5. The molecule has 126 valence electrons. The molecule has 0 radical (unpaired) electrons. The highest BCUT2D eigenvalue weighted by Crippen LogP contribution is 2.41. The van der Waals surface area contributed by atoms with Gasteiger partial charge in [0, 0.05) is 26.1 Å². The van der Waals surface area contributed by atoms with E-state index >= 15 is 0 Å². The first-order chi connectivity index (χ1) is 10.4. The summed E-state index contributed by atoms with van der Waals surface area (Å²) < 4.78 is 36.7. The fourth-order valence-electron chi connectivity index (χ4n) is 3.97. The van der Waals surface area contributed by atoms with Gasteiger partial charge < -0.3 is 9.80 Å². The van der Waals surface area contributed by atoms with Crippen LogP contribution < -0.4 is 0 Å². The van der Waals surface area contributed by atoms with Gasteiger partial charge >= 0.3 is 6.18 Å². The fourth-order valence-corrected chi connectivity index (χ4v) is 3.97. The average molecular weight is 318 g/mol. The first-order valence-corrected chi connectivity index (χ1v) is 8.46. The zero-order chi connectivity index (χ0) is 15.8. The van der Waals surface area contributed by atoms with Crippen molar-refractivity contribution in [1.82, 2.24) is 9.80 Å². The lowest BCUT2D eigenvalue weighted by Crippen LogP contribution is -2.50. The number of nitrogens with zero attached hydrogens (tertiary/aromatic N) is 2. The predicted octanol–water partition coefficient (Wildman–Crippen LogP) is 3.05. The Labute approximate surface area is 129 Å². The maximum absolute atomic E-state index is 12.8. The Kier molecular flexibility index (Phi) is 4.40. The van der Waals surface area contributed by atoms with Crippen molar-refractivity contribution in [2.45, 2.75) is 51.1 Å². The maximum Gasteiger partial charge on any atom is 0.389 e. The predicted molar refractivity (Wildman–Crippen MR) is 77.3 cm³/mol. The molecular weight excluding hydrogens is 293 g/mol. The number of carbonyl (C=O) groups excluding carboxylic acids is 1. The van der Waals surface area contributed by atoms with Crippen LogP contribution in [0.2, 0.25) is 0 Å². The Morgan fingerprint density at radius 2 is 1.95 bits per heavy atom. The molecule has 0 aromatic carbocycles. The third-order valence-electron chi connectivity index (χ3n) is 5.37. The number of piperidine rings is 1. The molecular formula is C16H25F3N2O. The van der Waals surface area contributed by atoms with Crippen LogP contribution in [0.4, 0.5) is 13.2 Å². The van der Waals surface area contributed by atoms with E-state index in [0.29, 0.717) is 19.0 Å². The molecule has 3 nitrogen and oxygen atoms in total. The fraction of sp³-hybridized carbons (Fsp3) is 0.938. The third-order valence-corrected chi connectivity index (χ3v) is 5.37. The van der Waals surface area contributed by atoms with Gasteiger partial charge in [-0.3, -0.25) is 4.79 Å². The van der Waals surface area contributed by atoms with E-state index in [4.69, 9.17) is 0 Å². The summed E-state index contributed by atoms with van der Waals surface area (Å²) in [6.07, 6.45) is 0.578. The molecule has 1 unspecified atom stereocenters. The summed E-state index contributed by atoms with van der Waals surface area (Å²) in [6.45, 7) is 3.64. The maximum atomic E-state index is 12.8. The van der Waals surface area contributed by atoms with Gasteiger partial charge in [-0.1, -0.05) is 0 Å². The Morgan fingerprint density at radius 3 is 2.64 bits per heavy atom. The molecule has 3 rings (SSSR count).